The molecule has 1 rings (SSSR count). The molecule has 5 heteroatoms. The second kappa shape index (κ2) is 6.46. The molecule has 0 aromatic carbocycles. The molecule has 1 N–H and O–H groups in total. The second-order valence-electron chi connectivity index (χ2n) is 7.05. The van der Waals surface area contributed by atoms with Crippen LogP contribution in [0.5, 0.6) is 0 Å². The minimum absolute atomic E-state index is 0.145. The zero-order valence-electron chi connectivity index (χ0n) is 13.2. The first-order chi connectivity index (χ1) is 9.10. The van der Waals surface area contributed by atoms with Gasteiger partial charge in [-0.25, -0.2) is 4.79 Å². The fourth-order valence-electron chi connectivity index (χ4n) is 2.66. The highest BCUT2D eigenvalue weighted by molar-refractivity contribution is 5.73. The van der Waals surface area contributed by atoms with Gasteiger partial charge in [-0.3, -0.25) is 4.79 Å². The molecule has 20 heavy (non-hydrogen) atoms. The van der Waals surface area contributed by atoms with E-state index in [1.54, 1.807) is 0 Å². The smallest absolute Gasteiger partial charge is 0.410 e. The van der Waals surface area contributed by atoms with Gasteiger partial charge in [0.25, 0.3) is 0 Å². The molecular weight excluding hydrogens is 258 g/mol. The lowest BCUT2D eigenvalue weighted by Gasteiger charge is -2.37. The van der Waals surface area contributed by atoms with Gasteiger partial charge in [-0.15, -0.1) is 0 Å². The van der Waals surface area contributed by atoms with E-state index >= 15 is 0 Å². The van der Waals surface area contributed by atoms with Crippen LogP contribution >= 0.6 is 0 Å². The standard InChI is InChI=1S/C15H27NO4/c1-10(2)8-11-6-7-16(9-12(11)13(17)18)14(19)20-15(3,4)5/h10-12H,6-9H2,1-5H3,(H,17,18)/t11-,12+/m1/s1. The largest absolute Gasteiger partial charge is 0.481 e. The molecule has 2 atom stereocenters. The summed E-state index contributed by atoms with van der Waals surface area (Å²) in [6.07, 6.45) is 1.21. The van der Waals surface area contributed by atoms with Gasteiger partial charge in [-0.05, 0) is 45.4 Å². The van der Waals surface area contributed by atoms with Gasteiger partial charge in [0.05, 0.1) is 5.92 Å². The van der Waals surface area contributed by atoms with Crippen LogP contribution in [0.25, 0.3) is 0 Å². The molecule has 0 saturated carbocycles. The molecule has 1 fully saturated rings. The Balaban J connectivity index is 2.68. The SMILES string of the molecule is CC(C)C[C@H]1CCN(C(=O)OC(C)(C)C)C[C@@H]1C(=O)O. The summed E-state index contributed by atoms with van der Waals surface area (Å²) in [5.41, 5.74) is -0.551. The molecule has 0 aliphatic carbocycles. The second-order valence-corrected chi connectivity index (χ2v) is 7.05. The van der Waals surface area contributed by atoms with Crippen molar-refractivity contribution in [2.24, 2.45) is 17.8 Å². The van der Waals surface area contributed by atoms with Crippen LogP contribution in [-0.4, -0.2) is 40.8 Å². The Morgan fingerprint density at radius 1 is 1.35 bits per heavy atom. The lowest BCUT2D eigenvalue weighted by molar-refractivity contribution is -0.146. The first kappa shape index (κ1) is 16.8. The summed E-state index contributed by atoms with van der Waals surface area (Å²) in [5.74, 6) is -0.691. The van der Waals surface area contributed by atoms with Crippen LogP contribution in [0.3, 0.4) is 0 Å². The zero-order chi connectivity index (χ0) is 15.5. The molecule has 1 aliphatic heterocycles. The van der Waals surface area contributed by atoms with E-state index in [0.29, 0.717) is 12.5 Å². The number of rotatable bonds is 3. The van der Waals surface area contributed by atoms with Crippen LogP contribution in [0.4, 0.5) is 4.79 Å². The van der Waals surface area contributed by atoms with Crippen molar-refractivity contribution in [2.75, 3.05) is 13.1 Å². The molecule has 0 unspecified atom stereocenters. The molecule has 0 bridgehead atoms. The predicted octanol–water partition coefficient (Wildman–Crippen LogP) is 2.99. The Hall–Kier alpha value is -1.26. The molecular formula is C15H27NO4. The third-order valence-electron chi connectivity index (χ3n) is 3.50. The van der Waals surface area contributed by atoms with Gasteiger partial charge in [0.1, 0.15) is 5.60 Å². The van der Waals surface area contributed by atoms with Gasteiger partial charge in [-0.1, -0.05) is 13.8 Å². The first-order valence-electron chi connectivity index (χ1n) is 7.31. The number of carbonyl (C=O) groups excluding carboxylic acids is 1. The Kier molecular flexibility index (Phi) is 5.42. The molecule has 0 spiro atoms. The van der Waals surface area contributed by atoms with E-state index in [1.807, 2.05) is 20.8 Å². The predicted molar refractivity (Wildman–Crippen MR) is 76.5 cm³/mol. The van der Waals surface area contributed by atoms with E-state index in [2.05, 4.69) is 13.8 Å². The van der Waals surface area contributed by atoms with Crippen molar-refractivity contribution in [1.82, 2.24) is 4.90 Å². The molecule has 0 aromatic rings. The van der Waals surface area contributed by atoms with Crippen LogP contribution in [0, 0.1) is 17.8 Å². The number of piperidine rings is 1. The van der Waals surface area contributed by atoms with E-state index in [-0.39, 0.29) is 12.5 Å². The molecule has 0 aromatic heterocycles. The van der Waals surface area contributed by atoms with E-state index < -0.39 is 23.6 Å². The van der Waals surface area contributed by atoms with Crippen LogP contribution in [0.1, 0.15) is 47.5 Å². The lowest BCUT2D eigenvalue weighted by atomic mass is 9.80. The first-order valence-corrected chi connectivity index (χ1v) is 7.31. The summed E-state index contributed by atoms with van der Waals surface area (Å²) in [5, 5.41) is 9.37. The van der Waals surface area contributed by atoms with Crippen molar-refractivity contribution in [3.05, 3.63) is 0 Å². The topological polar surface area (TPSA) is 66.8 Å². The quantitative estimate of drug-likeness (QED) is 0.865. The van der Waals surface area contributed by atoms with E-state index in [4.69, 9.17) is 4.74 Å². The highest BCUT2D eigenvalue weighted by atomic mass is 16.6. The van der Waals surface area contributed by atoms with Crippen molar-refractivity contribution in [1.29, 1.82) is 0 Å². The number of nitrogens with zero attached hydrogens (tertiary/aromatic N) is 1. The number of carbonyl (C=O) groups is 2. The van der Waals surface area contributed by atoms with Gasteiger partial charge < -0.3 is 14.7 Å². The Morgan fingerprint density at radius 2 is 1.95 bits per heavy atom. The van der Waals surface area contributed by atoms with E-state index in [0.717, 1.165) is 12.8 Å². The summed E-state index contributed by atoms with van der Waals surface area (Å²) in [4.78, 5) is 25.0. The molecule has 5 nitrogen and oxygen atoms in total. The minimum atomic E-state index is -0.816. The number of carboxylic acid groups (broad SMARTS) is 1. The average Bonchev–Trinajstić information content (AvgIpc) is 2.25. The van der Waals surface area contributed by atoms with Crippen molar-refractivity contribution < 1.29 is 19.4 Å². The molecule has 1 heterocycles. The van der Waals surface area contributed by atoms with Crippen molar-refractivity contribution in [3.63, 3.8) is 0 Å². The molecule has 0 radical (unpaired) electrons. The summed E-state index contributed by atoms with van der Waals surface area (Å²) in [6, 6.07) is 0. The van der Waals surface area contributed by atoms with Gasteiger partial charge in [0.15, 0.2) is 0 Å². The Labute approximate surface area is 121 Å². The molecule has 1 amide bonds. The fraction of sp³-hybridized carbons (Fsp3) is 0.867. The minimum Gasteiger partial charge on any atom is -0.481 e. The van der Waals surface area contributed by atoms with Gasteiger partial charge >= 0.3 is 12.1 Å². The van der Waals surface area contributed by atoms with Crippen molar-refractivity contribution >= 4 is 12.1 Å². The maximum absolute atomic E-state index is 12.0. The zero-order valence-corrected chi connectivity index (χ0v) is 13.2. The highest BCUT2D eigenvalue weighted by Gasteiger charge is 2.37. The third kappa shape index (κ3) is 5.02. The number of aliphatic carboxylic acids is 1. The Morgan fingerprint density at radius 3 is 2.40 bits per heavy atom. The monoisotopic (exact) mass is 285 g/mol. The van der Waals surface area contributed by atoms with Crippen LogP contribution in [0.15, 0.2) is 0 Å². The summed E-state index contributed by atoms with van der Waals surface area (Å²) < 4.78 is 5.32. The lowest BCUT2D eigenvalue weighted by Crippen LogP contribution is -2.48. The third-order valence-corrected chi connectivity index (χ3v) is 3.50. The van der Waals surface area contributed by atoms with Gasteiger partial charge in [-0.2, -0.15) is 0 Å². The van der Waals surface area contributed by atoms with Crippen LogP contribution in [0.2, 0.25) is 0 Å². The molecule has 1 saturated heterocycles. The van der Waals surface area contributed by atoms with E-state index in [9.17, 15) is 14.7 Å². The number of hydrogen-bond donors (Lipinski definition) is 1. The van der Waals surface area contributed by atoms with Gasteiger partial charge in [0.2, 0.25) is 0 Å². The van der Waals surface area contributed by atoms with E-state index in [1.165, 1.54) is 4.90 Å². The summed E-state index contributed by atoms with van der Waals surface area (Å²) in [6.45, 7) is 10.5. The maximum Gasteiger partial charge on any atom is 0.410 e. The number of carboxylic acids is 1. The number of hydrogen-bond acceptors (Lipinski definition) is 3. The maximum atomic E-state index is 12.0. The summed E-state index contributed by atoms with van der Waals surface area (Å²) >= 11 is 0. The van der Waals surface area contributed by atoms with Crippen LogP contribution < -0.4 is 0 Å². The molecule has 116 valence electrons. The summed E-state index contributed by atoms with van der Waals surface area (Å²) in [7, 11) is 0. The Bertz CT molecular complexity index is 359. The van der Waals surface area contributed by atoms with Gasteiger partial charge in [0, 0.05) is 13.1 Å². The normalized spacial score (nSPS) is 23.8. The van der Waals surface area contributed by atoms with Crippen LogP contribution in [-0.2, 0) is 9.53 Å². The van der Waals surface area contributed by atoms with Crippen molar-refractivity contribution in [3.8, 4) is 0 Å². The fourth-order valence-corrected chi connectivity index (χ4v) is 2.66. The highest BCUT2D eigenvalue weighted by Crippen LogP contribution is 2.30. The van der Waals surface area contributed by atoms with Crippen molar-refractivity contribution in [2.45, 2.75) is 53.1 Å². The number of likely N-dealkylation sites (tertiary alicyclic amines) is 1. The number of ether oxygens (including phenoxy) is 1. The average molecular weight is 285 g/mol. The number of amides is 1. The molecule has 1 aliphatic rings.